The van der Waals surface area contributed by atoms with Crippen molar-refractivity contribution in [3.8, 4) is 0 Å². The van der Waals surface area contributed by atoms with E-state index in [1.807, 2.05) is 21.1 Å². The van der Waals surface area contributed by atoms with Gasteiger partial charge in [0, 0.05) is 13.0 Å². The van der Waals surface area contributed by atoms with E-state index in [9.17, 15) is 14.3 Å². The van der Waals surface area contributed by atoms with Gasteiger partial charge in [0.05, 0.1) is 34.4 Å². The number of hydrogen-bond acceptors (Lipinski definition) is 6. The lowest BCUT2D eigenvalue weighted by molar-refractivity contribution is -0.870. The molecule has 0 fully saturated rings. The van der Waals surface area contributed by atoms with Crippen LogP contribution in [0.15, 0.2) is 60.8 Å². The Balaban J connectivity index is 4.30. The summed E-state index contributed by atoms with van der Waals surface area (Å²) in [6.45, 7) is 5.47. The summed E-state index contributed by atoms with van der Waals surface area (Å²) in [5.41, 5.74) is 0. The molecule has 2 unspecified atom stereocenters. The van der Waals surface area contributed by atoms with Crippen molar-refractivity contribution in [2.45, 2.75) is 180 Å². The number of phosphoric ester groups is 1. The molecular formula is C47H87NO7P+. The normalized spacial score (nSPS) is 14.3. The Bertz CT molecular complexity index is 1080. The average Bonchev–Trinajstić information content (AvgIpc) is 3.15. The van der Waals surface area contributed by atoms with Gasteiger partial charge in [-0.1, -0.05) is 171 Å². The Morgan fingerprint density at radius 2 is 1.04 bits per heavy atom. The number of unbranched alkanes of at least 4 members (excludes halogenated alkanes) is 17. The number of nitrogens with zero attached hydrogens (tertiary/aromatic N) is 1. The number of carbonyl (C=O) groups is 1. The Morgan fingerprint density at radius 1 is 0.571 bits per heavy atom. The number of hydrogen-bond donors (Lipinski definition) is 1. The van der Waals surface area contributed by atoms with Gasteiger partial charge in [0.25, 0.3) is 0 Å². The monoisotopic (exact) mass is 809 g/mol. The summed E-state index contributed by atoms with van der Waals surface area (Å²) >= 11 is 0. The number of phosphoric acid groups is 1. The standard InChI is InChI=1S/C47H86NO7P/c1-6-8-10-12-14-16-18-20-22-23-24-25-26-28-30-32-34-36-38-40-47(49)55-46(45-54-56(50,51)53-43-41-48(3,4)5)44-52-42-39-37-35-33-31-29-27-21-19-17-15-13-11-9-7-2/h8,10,14,16,20,22,24-25,28,30,46H,6-7,9,11-13,15,17-19,21,23,26-27,29,31-45H2,1-5H3/p+1/b10-8-,16-14-,22-20-,25-24-,30-28-. The van der Waals surface area contributed by atoms with Gasteiger partial charge in [-0.15, -0.1) is 0 Å². The van der Waals surface area contributed by atoms with Crippen LogP contribution < -0.4 is 0 Å². The third-order valence-corrected chi connectivity index (χ3v) is 10.3. The molecule has 56 heavy (non-hydrogen) atoms. The second kappa shape index (κ2) is 40.0. The smallest absolute Gasteiger partial charge is 0.457 e. The molecule has 0 saturated heterocycles. The van der Waals surface area contributed by atoms with E-state index in [0.29, 0.717) is 17.6 Å². The molecule has 0 amide bonds. The first kappa shape index (κ1) is 54.2. The summed E-state index contributed by atoms with van der Waals surface area (Å²) in [5.74, 6) is -0.345. The van der Waals surface area contributed by atoms with E-state index >= 15 is 0 Å². The SMILES string of the molecule is CC/C=C\C/C=C\C/C=C\C/C=C\C/C=C\CCCCCC(=O)OC(COCCCCCCCCCCCCCCCCC)COP(=O)(O)OCC[N+](C)(C)C. The van der Waals surface area contributed by atoms with Crippen molar-refractivity contribution in [3.05, 3.63) is 60.8 Å². The zero-order valence-electron chi connectivity index (χ0n) is 36.9. The molecule has 0 saturated carbocycles. The molecule has 0 aliphatic carbocycles. The van der Waals surface area contributed by atoms with Crippen molar-refractivity contribution in [2.24, 2.45) is 0 Å². The number of carbonyl (C=O) groups excluding carboxylic acids is 1. The number of likely N-dealkylation sites (N-methyl/N-ethyl adjacent to an activating group) is 1. The molecule has 2 atom stereocenters. The number of allylic oxidation sites excluding steroid dienone is 10. The molecule has 1 N–H and O–H groups in total. The Kier molecular flexibility index (Phi) is 38.7. The highest BCUT2D eigenvalue weighted by molar-refractivity contribution is 7.47. The predicted octanol–water partition coefficient (Wildman–Crippen LogP) is 13.3. The summed E-state index contributed by atoms with van der Waals surface area (Å²) < 4.78 is 35.0. The number of esters is 1. The van der Waals surface area contributed by atoms with Crippen LogP contribution in [0.2, 0.25) is 0 Å². The summed E-state index contributed by atoms with van der Waals surface area (Å²) in [6, 6.07) is 0. The van der Waals surface area contributed by atoms with Crippen molar-refractivity contribution in [1.29, 1.82) is 0 Å². The van der Waals surface area contributed by atoms with Crippen molar-refractivity contribution < 1.29 is 37.3 Å². The molecule has 0 aliphatic rings. The van der Waals surface area contributed by atoms with Crippen molar-refractivity contribution >= 4 is 13.8 Å². The third-order valence-electron chi connectivity index (χ3n) is 9.34. The molecule has 0 aromatic rings. The minimum atomic E-state index is -4.29. The van der Waals surface area contributed by atoms with Crippen molar-refractivity contribution in [2.75, 3.05) is 54.1 Å². The molecule has 0 bridgehead atoms. The van der Waals surface area contributed by atoms with E-state index in [2.05, 4.69) is 74.6 Å². The second-order valence-corrected chi connectivity index (χ2v) is 17.5. The van der Waals surface area contributed by atoms with E-state index in [1.54, 1.807) is 0 Å². The highest BCUT2D eigenvalue weighted by Gasteiger charge is 2.26. The lowest BCUT2D eigenvalue weighted by Crippen LogP contribution is -2.37. The Labute approximate surface area is 345 Å². The fourth-order valence-corrected chi connectivity index (χ4v) is 6.61. The lowest BCUT2D eigenvalue weighted by atomic mass is 10.0. The first-order chi connectivity index (χ1) is 27.1. The van der Waals surface area contributed by atoms with Crippen LogP contribution in [0.5, 0.6) is 0 Å². The number of quaternary nitrogens is 1. The van der Waals surface area contributed by atoms with E-state index in [-0.39, 0.29) is 32.2 Å². The zero-order valence-corrected chi connectivity index (χ0v) is 37.7. The average molecular weight is 809 g/mol. The molecular weight excluding hydrogens is 721 g/mol. The second-order valence-electron chi connectivity index (χ2n) is 16.1. The molecule has 0 radical (unpaired) electrons. The maximum atomic E-state index is 12.7. The van der Waals surface area contributed by atoms with Gasteiger partial charge in [-0.2, -0.15) is 0 Å². The van der Waals surface area contributed by atoms with Crippen molar-refractivity contribution in [3.63, 3.8) is 0 Å². The molecule has 0 aromatic heterocycles. The first-order valence-electron chi connectivity index (χ1n) is 22.5. The Morgan fingerprint density at radius 3 is 1.54 bits per heavy atom. The summed E-state index contributed by atoms with van der Waals surface area (Å²) in [4.78, 5) is 22.9. The van der Waals surface area contributed by atoms with Gasteiger partial charge in [-0.25, -0.2) is 4.57 Å². The van der Waals surface area contributed by atoms with Gasteiger partial charge in [0.15, 0.2) is 0 Å². The lowest BCUT2D eigenvalue weighted by Gasteiger charge is -2.24. The summed E-state index contributed by atoms with van der Waals surface area (Å²) in [6.07, 6.45) is 49.7. The van der Waals surface area contributed by atoms with E-state index in [1.165, 1.54) is 83.5 Å². The summed E-state index contributed by atoms with van der Waals surface area (Å²) in [7, 11) is 1.64. The molecule has 0 spiro atoms. The highest BCUT2D eigenvalue weighted by atomic mass is 31.2. The molecule has 326 valence electrons. The Hall–Kier alpha value is -1.80. The number of ether oxygens (including phenoxy) is 2. The highest BCUT2D eigenvalue weighted by Crippen LogP contribution is 2.43. The van der Waals surface area contributed by atoms with Crippen LogP contribution in [0.1, 0.15) is 174 Å². The summed E-state index contributed by atoms with van der Waals surface area (Å²) in [5, 5.41) is 0. The van der Waals surface area contributed by atoms with Gasteiger partial charge in [0.2, 0.25) is 0 Å². The van der Waals surface area contributed by atoms with Crippen LogP contribution in [-0.2, 0) is 27.9 Å². The molecule has 0 aromatic carbocycles. The van der Waals surface area contributed by atoms with Gasteiger partial charge < -0.3 is 18.9 Å². The van der Waals surface area contributed by atoms with Crippen LogP contribution >= 0.6 is 7.82 Å². The molecule has 0 rings (SSSR count). The quantitative estimate of drug-likeness (QED) is 0.0216. The number of rotatable bonds is 41. The molecule has 0 heterocycles. The zero-order chi connectivity index (χ0) is 41.3. The minimum absolute atomic E-state index is 0.0804. The maximum absolute atomic E-state index is 12.7. The predicted molar refractivity (Wildman–Crippen MR) is 238 cm³/mol. The minimum Gasteiger partial charge on any atom is -0.457 e. The first-order valence-corrected chi connectivity index (χ1v) is 24.0. The van der Waals surface area contributed by atoms with Crippen LogP contribution in [-0.4, -0.2) is 75.6 Å². The van der Waals surface area contributed by atoms with Gasteiger partial charge in [-0.3, -0.25) is 13.8 Å². The van der Waals surface area contributed by atoms with Crippen molar-refractivity contribution in [1.82, 2.24) is 0 Å². The fourth-order valence-electron chi connectivity index (χ4n) is 5.87. The maximum Gasteiger partial charge on any atom is 0.472 e. The van der Waals surface area contributed by atoms with Crippen LogP contribution in [0.3, 0.4) is 0 Å². The third kappa shape index (κ3) is 43.3. The van der Waals surface area contributed by atoms with E-state index in [4.69, 9.17) is 18.5 Å². The largest absolute Gasteiger partial charge is 0.472 e. The van der Waals surface area contributed by atoms with Gasteiger partial charge in [0.1, 0.15) is 19.3 Å². The van der Waals surface area contributed by atoms with Gasteiger partial charge in [-0.05, 0) is 57.8 Å². The topological polar surface area (TPSA) is 91.3 Å². The van der Waals surface area contributed by atoms with Crippen LogP contribution in [0, 0.1) is 0 Å². The fraction of sp³-hybridized carbons (Fsp3) is 0.766. The molecule has 0 aliphatic heterocycles. The van der Waals surface area contributed by atoms with Gasteiger partial charge >= 0.3 is 13.8 Å². The molecule has 8 nitrogen and oxygen atoms in total. The molecule has 9 heteroatoms. The van der Waals surface area contributed by atoms with Crippen LogP contribution in [0.4, 0.5) is 0 Å². The van der Waals surface area contributed by atoms with E-state index in [0.717, 1.165) is 70.6 Å². The van der Waals surface area contributed by atoms with E-state index < -0.39 is 13.9 Å². The van der Waals surface area contributed by atoms with Crippen LogP contribution in [0.25, 0.3) is 0 Å².